The first-order valence-corrected chi connectivity index (χ1v) is 10.1. The average Bonchev–Trinajstić information content (AvgIpc) is 3.30. The summed E-state index contributed by atoms with van der Waals surface area (Å²) in [5.74, 6) is -1.73. The topological polar surface area (TPSA) is 111 Å². The number of halogens is 2. The van der Waals surface area contributed by atoms with Gasteiger partial charge in [0, 0.05) is 36.5 Å². The van der Waals surface area contributed by atoms with Crippen molar-refractivity contribution in [1.29, 1.82) is 5.26 Å². The van der Waals surface area contributed by atoms with Crippen molar-refractivity contribution in [3.05, 3.63) is 65.9 Å². The number of ether oxygens (including phenoxy) is 1. The Labute approximate surface area is 188 Å². The number of nitriles is 1. The Bertz CT molecular complexity index is 1230. The summed E-state index contributed by atoms with van der Waals surface area (Å²) in [5.41, 5.74) is 1.74. The van der Waals surface area contributed by atoms with E-state index < -0.39 is 18.2 Å². The van der Waals surface area contributed by atoms with Crippen molar-refractivity contribution in [3.8, 4) is 23.1 Å². The molecule has 1 fully saturated rings. The van der Waals surface area contributed by atoms with Crippen LogP contribution in [-0.4, -0.2) is 51.7 Å². The average molecular weight is 451 g/mol. The highest BCUT2D eigenvalue weighted by atomic mass is 19.2. The molecular weight excluding hydrogens is 432 g/mol. The van der Waals surface area contributed by atoms with Crippen molar-refractivity contribution < 1.29 is 23.4 Å². The van der Waals surface area contributed by atoms with Crippen molar-refractivity contribution in [2.45, 2.75) is 12.5 Å². The molecule has 2 heterocycles. The molecule has 33 heavy (non-hydrogen) atoms. The lowest BCUT2D eigenvalue weighted by Gasteiger charge is -2.17. The SMILES string of the molecule is N#Cc1cc(-c2ccnc(Nc3ccc(F)c(F)c3)n2)ccc1O[C@@H]1CCN(C(=O)CO)C1. The van der Waals surface area contributed by atoms with Gasteiger partial charge in [0.1, 0.15) is 24.5 Å². The summed E-state index contributed by atoms with van der Waals surface area (Å²) in [5, 5.41) is 21.4. The van der Waals surface area contributed by atoms with Gasteiger partial charge in [0.25, 0.3) is 0 Å². The van der Waals surface area contributed by atoms with Crippen LogP contribution >= 0.6 is 0 Å². The van der Waals surface area contributed by atoms with E-state index in [-0.39, 0.29) is 23.6 Å². The van der Waals surface area contributed by atoms with Crippen LogP contribution in [0.3, 0.4) is 0 Å². The van der Waals surface area contributed by atoms with E-state index in [1.165, 1.54) is 17.2 Å². The highest BCUT2D eigenvalue weighted by Gasteiger charge is 2.27. The molecule has 1 aliphatic rings. The van der Waals surface area contributed by atoms with E-state index in [0.29, 0.717) is 42.1 Å². The first kappa shape index (κ1) is 22.1. The van der Waals surface area contributed by atoms with Gasteiger partial charge >= 0.3 is 0 Å². The number of benzene rings is 2. The summed E-state index contributed by atoms with van der Waals surface area (Å²) in [6.07, 6.45) is 1.83. The number of carbonyl (C=O) groups excluding carboxylic acids is 1. The van der Waals surface area contributed by atoms with E-state index in [4.69, 9.17) is 9.84 Å². The van der Waals surface area contributed by atoms with Crippen LogP contribution in [0, 0.1) is 23.0 Å². The van der Waals surface area contributed by atoms with E-state index in [0.717, 1.165) is 12.1 Å². The first-order valence-electron chi connectivity index (χ1n) is 10.1. The molecule has 8 nitrogen and oxygen atoms in total. The maximum Gasteiger partial charge on any atom is 0.248 e. The van der Waals surface area contributed by atoms with Gasteiger partial charge in [-0.2, -0.15) is 5.26 Å². The van der Waals surface area contributed by atoms with E-state index in [9.17, 15) is 18.8 Å². The molecule has 3 aromatic rings. The molecule has 1 atom stereocenters. The summed E-state index contributed by atoms with van der Waals surface area (Å²) >= 11 is 0. The predicted molar refractivity (Wildman–Crippen MR) is 115 cm³/mol. The molecule has 1 amide bonds. The number of aliphatic hydroxyl groups excluding tert-OH is 1. The molecule has 0 saturated carbocycles. The Morgan fingerprint density at radius 3 is 2.85 bits per heavy atom. The second-order valence-corrected chi connectivity index (χ2v) is 7.37. The standard InChI is InChI=1S/C23H19F2N5O3/c24-18-3-2-16(10-19(18)25)28-23-27-7-5-20(29-23)14-1-4-21(15(9-14)11-26)33-17-6-8-30(12-17)22(32)13-31/h1-5,7,9-10,17,31H,6,8,12-13H2,(H,27,28,29)/t17-/m1/s1. The minimum atomic E-state index is -0.989. The molecule has 0 radical (unpaired) electrons. The summed E-state index contributed by atoms with van der Waals surface area (Å²) in [6, 6.07) is 12.2. The number of carbonyl (C=O) groups is 1. The largest absolute Gasteiger partial charge is 0.487 e. The van der Waals surface area contributed by atoms with Gasteiger partial charge in [-0.05, 0) is 36.4 Å². The molecule has 1 saturated heterocycles. The number of nitrogens with one attached hydrogen (secondary N) is 1. The fraction of sp³-hybridized carbons (Fsp3) is 0.217. The number of aliphatic hydroxyl groups is 1. The van der Waals surface area contributed by atoms with Gasteiger partial charge in [-0.25, -0.2) is 18.7 Å². The highest BCUT2D eigenvalue weighted by molar-refractivity contribution is 5.77. The molecule has 0 spiro atoms. The van der Waals surface area contributed by atoms with Crippen LogP contribution in [0.1, 0.15) is 12.0 Å². The third-order valence-electron chi connectivity index (χ3n) is 5.15. The lowest BCUT2D eigenvalue weighted by molar-refractivity contribution is -0.133. The molecule has 0 bridgehead atoms. The van der Waals surface area contributed by atoms with Crippen LogP contribution in [0.4, 0.5) is 20.4 Å². The maximum absolute atomic E-state index is 13.4. The molecule has 4 rings (SSSR count). The van der Waals surface area contributed by atoms with Crippen LogP contribution in [-0.2, 0) is 4.79 Å². The molecule has 1 aromatic heterocycles. The van der Waals surface area contributed by atoms with Crippen molar-refractivity contribution in [2.24, 2.45) is 0 Å². The van der Waals surface area contributed by atoms with E-state index in [1.54, 1.807) is 24.3 Å². The molecule has 10 heteroatoms. The predicted octanol–water partition coefficient (Wildman–Crippen LogP) is 3.01. The summed E-state index contributed by atoms with van der Waals surface area (Å²) in [4.78, 5) is 21.6. The molecule has 2 aromatic carbocycles. The lowest BCUT2D eigenvalue weighted by Crippen LogP contribution is -2.32. The number of rotatable bonds is 6. The number of hydrogen-bond acceptors (Lipinski definition) is 7. The second-order valence-electron chi connectivity index (χ2n) is 7.37. The number of anilines is 2. The molecule has 2 N–H and O–H groups in total. The molecule has 1 aliphatic heterocycles. The summed E-state index contributed by atoms with van der Waals surface area (Å²) in [6.45, 7) is 0.284. The third-order valence-corrected chi connectivity index (χ3v) is 5.15. The van der Waals surface area contributed by atoms with Crippen LogP contribution in [0.15, 0.2) is 48.7 Å². The second kappa shape index (κ2) is 9.58. The quantitative estimate of drug-likeness (QED) is 0.593. The van der Waals surface area contributed by atoms with Crippen LogP contribution in [0.25, 0.3) is 11.3 Å². The van der Waals surface area contributed by atoms with Gasteiger partial charge in [0.05, 0.1) is 17.8 Å². The maximum atomic E-state index is 13.4. The smallest absolute Gasteiger partial charge is 0.248 e. The van der Waals surface area contributed by atoms with Crippen molar-refractivity contribution in [3.63, 3.8) is 0 Å². The van der Waals surface area contributed by atoms with Crippen LogP contribution in [0.2, 0.25) is 0 Å². The Kier molecular flexibility index (Phi) is 6.42. The number of likely N-dealkylation sites (tertiary alicyclic amines) is 1. The number of aromatic nitrogens is 2. The van der Waals surface area contributed by atoms with Gasteiger partial charge in [0.15, 0.2) is 11.6 Å². The van der Waals surface area contributed by atoms with E-state index in [1.807, 2.05) is 0 Å². The minimum absolute atomic E-state index is 0.178. The van der Waals surface area contributed by atoms with Crippen molar-refractivity contribution >= 4 is 17.5 Å². The fourth-order valence-electron chi connectivity index (χ4n) is 3.49. The van der Waals surface area contributed by atoms with Crippen LogP contribution in [0.5, 0.6) is 5.75 Å². The van der Waals surface area contributed by atoms with Crippen molar-refractivity contribution in [1.82, 2.24) is 14.9 Å². The zero-order valence-electron chi connectivity index (χ0n) is 17.3. The number of nitrogens with zero attached hydrogens (tertiary/aromatic N) is 4. The van der Waals surface area contributed by atoms with Gasteiger partial charge in [0.2, 0.25) is 11.9 Å². The third kappa shape index (κ3) is 5.05. The fourth-order valence-corrected chi connectivity index (χ4v) is 3.49. The first-order chi connectivity index (χ1) is 16.0. The van der Waals surface area contributed by atoms with Gasteiger partial charge < -0.3 is 20.1 Å². The van der Waals surface area contributed by atoms with Crippen molar-refractivity contribution in [2.75, 3.05) is 25.0 Å². The normalized spacial score (nSPS) is 15.2. The molecule has 0 aliphatic carbocycles. The molecule has 0 unspecified atom stereocenters. The Balaban J connectivity index is 1.51. The van der Waals surface area contributed by atoms with E-state index >= 15 is 0 Å². The Hall–Kier alpha value is -4.10. The Morgan fingerprint density at radius 2 is 2.09 bits per heavy atom. The molecule has 168 valence electrons. The van der Waals surface area contributed by atoms with E-state index in [2.05, 4.69) is 21.4 Å². The Morgan fingerprint density at radius 1 is 1.24 bits per heavy atom. The lowest BCUT2D eigenvalue weighted by atomic mass is 10.1. The highest BCUT2D eigenvalue weighted by Crippen LogP contribution is 2.28. The van der Waals surface area contributed by atoms with Crippen LogP contribution < -0.4 is 10.1 Å². The minimum Gasteiger partial charge on any atom is -0.487 e. The van der Waals surface area contributed by atoms with Gasteiger partial charge in [-0.3, -0.25) is 4.79 Å². The van der Waals surface area contributed by atoms with Gasteiger partial charge in [-0.15, -0.1) is 0 Å². The number of hydrogen-bond donors (Lipinski definition) is 2. The monoisotopic (exact) mass is 451 g/mol. The summed E-state index contributed by atoms with van der Waals surface area (Å²) in [7, 11) is 0. The summed E-state index contributed by atoms with van der Waals surface area (Å²) < 4.78 is 32.5. The zero-order valence-corrected chi connectivity index (χ0v) is 17.3. The zero-order chi connectivity index (χ0) is 23.4. The molecular formula is C23H19F2N5O3. The number of amides is 1. The van der Waals surface area contributed by atoms with Gasteiger partial charge in [-0.1, -0.05) is 0 Å².